The Hall–Kier alpha value is -1.24. The number of ketones is 1. The molecule has 1 unspecified atom stereocenters. The van der Waals surface area contributed by atoms with Crippen molar-refractivity contribution in [1.82, 2.24) is 0 Å². The maximum Gasteiger partial charge on any atom is 0.302 e. The highest BCUT2D eigenvalue weighted by atomic mass is 16.7. The smallest absolute Gasteiger partial charge is 0.302 e. The van der Waals surface area contributed by atoms with Crippen molar-refractivity contribution in [2.75, 3.05) is 0 Å². The van der Waals surface area contributed by atoms with E-state index in [1.165, 1.54) is 12.5 Å². The Morgan fingerprint density at radius 3 is 2.37 bits per heavy atom. The molecule has 212 valence electrons. The fourth-order valence-corrected chi connectivity index (χ4v) is 10.9. The molecule has 0 aromatic rings. The molecule has 38 heavy (non-hydrogen) atoms. The average Bonchev–Trinajstić information content (AvgIpc) is 3.10. The number of carbonyl (C=O) groups excluding carboxylic acids is 2. The Kier molecular flexibility index (Phi) is 5.79. The summed E-state index contributed by atoms with van der Waals surface area (Å²) in [5.74, 6) is 0.971. The minimum atomic E-state index is -0.775. The van der Waals surface area contributed by atoms with Crippen molar-refractivity contribution < 1.29 is 28.9 Å². The van der Waals surface area contributed by atoms with Crippen LogP contribution < -0.4 is 0 Å². The SMILES string of the molecule is CC(=O)O[C@@H]1C[C@H]2C(C)(C)C(=O)CC[C@]2(C)[C@H]2CC[C@@]3(C)C(=CC[C@@H]3[C@H]3C[C@@H]([C@@H]4OC4(C)C)OC3O)[C@@]21C. The molecule has 0 amide bonds. The van der Waals surface area contributed by atoms with Gasteiger partial charge in [0.25, 0.3) is 0 Å². The van der Waals surface area contributed by atoms with Gasteiger partial charge in [-0.3, -0.25) is 9.59 Å². The van der Waals surface area contributed by atoms with E-state index in [1.807, 2.05) is 0 Å². The third-order valence-electron chi connectivity index (χ3n) is 12.9. The average molecular weight is 529 g/mol. The number of Topliss-reactive ketones (excluding diaryl/α,β-unsaturated/α-hetero) is 1. The van der Waals surface area contributed by atoms with Gasteiger partial charge in [0.1, 0.15) is 18.0 Å². The highest BCUT2D eigenvalue weighted by Crippen LogP contribution is 2.73. The Morgan fingerprint density at radius 2 is 1.74 bits per heavy atom. The third kappa shape index (κ3) is 3.48. The van der Waals surface area contributed by atoms with Gasteiger partial charge in [-0.2, -0.15) is 0 Å². The lowest BCUT2D eigenvalue weighted by atomic mass is 9.37. The first kappa shape index (κ1) is 27.0. The largest absolute Gasteiger partial charge is 0.462 e. The molecule has 2 aliphatic heterocycles. The molecule has 6 rings (SSSR count). The molecule has 6 nitrogen and oxygen atoms in total. The van der Waals surface area contributed by atoms with Crippen molar-refractivity contribution in [2.24, 2.45) is 45.3 Å². The lowest BCUT2D eigenvalue weighted by molar-refractivity contribution is -0.205. The van der Waals surface area contributed by atoms with Gasteiger partial charge in [0, 0.05) is 30.1 Å². The number of esters is 1. The molecule has 6 aliphatic rings. The van der Waals surface area contributed by atoms with Crippen molar-refractivity contribution in [3.8, 4) is 0 Å². The number of aliphatic hydroxyl groups excluding tert-OH is 1. The fraction of sp³-hybridized carbons (Fsp3) is 0.875. The summed E-state index contributed by atoms with van der Waals surface area (Å²) >= 11 is 0. The molecule has 5 fully saturated rings. The van der Waals surface area contributed by atoms with E-state index in [0.29, 0.717) is 18.1 Å². The minimum absolute atomic E-state index is 0.0129. The molecule has 3 saturated carbocycles. The molecule has 4 aliphatic carbocycles. The van der Waals surface area contributed by atoms with Crippen LogP contribution in [0.3, 0.4) is 0 Å². The molecule has 0 radical (unpaired) electrons. The number of carbonyl (C=O) groups is 2. The van der Waals surface area contributed by atoms with Crippen LogP contribution in [-0.4, -0.2) is 47.1 Å². The van der Waals surface area contributed by atoms with Crippen molar-refractivity contribution in [2.45, 2.75) is 131 Å². The van der Waals surface area contributed by atoms with E-state index in [2.05, 4.69) is 54.5 Å². The van der Waals surface area contributed by atoms with Crippen LogP contribution in [0.4, 0.5) is 0 Å². The van der Waals surface area contributed by atoms with Crippen LogP contribution in [-0.2, 0) is 23.8 Å². The fourth-order valence-electron chi connectivity index (χ4n) is 10.9. The van der Waals surface area contributed by atoms with Gasteiger partial charge in [-0.1, -0.05) is 46.3 Å². The van der Waals surface area contributed by atoms with E-state index in [1.54, 1.807) is 0 Å². The first-order valence-corrected chi connectivity index (χ1v) is 15.0. The predicted octanol–water partition coefficient (Wildman–Crippen LogP) is 5.60. The Labute approximate surface area is 228 Å². The number of rotatable bonds is 3. The van der Waals surface area contributed by atoms with Gasteiger partial charge in [-0.15, -0.1) is 0 Å². The van der Waals surface area contributed by atoms with Gasteiger partial charge in [0.2, 0.25) is 0 Å². The Morgan fingerprint density at radius 1 is 1.05 bits per heavy atom. The number of allylic oxidation sites excluding steroid dienone is 1. The standard InChI is InChI=1S/C32H48O6/c1-17(33)36-25-16-23-28(2,3)24(34)12-14-31(23,7)22-11-13-30(6)19(9-10-21(30)32(22,25)8)18-15-20(37-27(18)35)26-29(4,5)38-26/h10,18-20,22-23,25-27,35H,9,11-16H2,1-8H3/t18-,19-,20+,22-,23+,25-,26+,27?,30-,31-,32+/m1/s1. The van der Waals surface area contributed by atoms with Crippen LogP contribution in [0.15, 0.2) is 11.6 Å². The predicted molar refractivity (Wildman–Crippen MR) is 143 cm³/mol. The molecule has 2 heterocycles. The summed E-state index contributed by atoms with van der Waals surface area (Å²) < 4.78 is 18.2. The molecule has 6 heteroatoms. The van der Waals surface area contributed by atoms with Gasteiger partial charge in [-0.25, -0.2) is 0 Å². The van der Waals surface area contributed by atoms with Gasteiger partial charge in [0.05, 0.1) is 11.7 Å². The molecule has 1 N–H and O–H groups in total. The zero-order valence-corrected chi connectivity index (χ0v) is 24.6. The monoisotopic (exact) mass is 528 g/mol. The van der Waals surface area contributed by atoms with Crippen LogP contribution in [0, 0.1) is 45.3 Å². The van der Waals surface area contributed by atoms with Gasteiger partial charge >= 0.3 is 5.97 Å². The van der Waals surface area contributed by atoms with Gasteiger partial charge < -0.3 is 19.3 Å². The van der Waals surface area contributed by atoms with Gasteiger partial charge in [0.15, 0.2) is 6.29 Å². The van der Waals surface area contributed by atoms with E-state index < -0.39 is 11.7 Å². The molecule has 0 aromatic heterocycles. The summed E-state index contributed by atoms with van der Waals surface area (Å²) in [6.07, 6.45) is 7.50. The zero-order chi connectivity index (χ0) is 27.6. The van der Waals surface area contributed by atoms with Crippen molar-refractivity contribution in [3.63, 3.8) is 0 Å². The first-order valence-electron chi connectivity index (χ1n) is 15.0. The van der Waals surface area contributed by atoms with Gasteiger partial charge in [-0.05, 0) is 81.0 Å². The van der Waals surface area contributed by atoms with Crippen LogP contribution in [0.5, 0.6) is 0 Å². The van der Waals surface area contributed by atoms with E-state index in [-0.39, 0.29) is 63.9 Å². The van der Waals surface area contributed by atoms with E-state index in [9.17, 15) is 14.7 Å². The summed E-state index contributed by atoms with van der Waals surface area (Å²) in [4.78, 5) is 25.6. The molecule has 0 spiro atoms. The van der Waals surface area contributed by atoms with Crippen molar-refractivity contribution >= 4 is 11.8 Å². The van der Waals surface area contributed by atoms with E-state index >= 15 is 0 Å². The second-order valence-electron chi connectivity index (χ2n) is 15.4. The number of hydrogen-bond acceptors (Lipinski definition) is 6. The highest BCUT2D eigenvalue weighted by molar-refractivity contribution is 5.85. The maximum atomic E-state index is 13.1. The summed E-state index contributed by atoms with van der Waals surface area (Å²) in [6.45, 7) is 17.1. The maximum absolute atomic E-state index is 13.1. The topological polar surface area (TPSA) is 85.4 Å². The summed E-state index contributed by atoms with van der Waals surface area (Å²) in [5, 5.41) is 11.1. The van der Waals surface area contributed by atoms with E-state index in [4.69, 9.17) is 14.2 Å². The number of aliphatic hydroxyl groups is 1. The number of fused-ring (bicyclic) bond motifs is 5. The van der Waals surface area contributed by atoms with Crippen molar-refractivity contribution in [1.29, 1.82) is 0 Å². The molecular weight excluding hydrogens is 480 g/mol. The van der Waals surface area contributed by atoms with Crippen LogP contribution >= 0.6 is 0 Å². The molecular formula is C32H48O6. The molecule has 2 saturated heterocycles. The molecule has 0 aromatic carbocycles. The quantitative estimate of drug-likeness (QED) is 0.291. The highest BCUT2D eigenvalue weighted by Gasteiger charge is 2.70. The van der Waals surface area contributed by atoms with Crippen LogP contribution in [0.25, 0.3) is 0 Å². The number of ether oxygens (including phenoxy) is 3. The molecule has 11 atom stereocenters. The van der Waals surface area contributed by atoms with Crippen LogP contribution in [0.2, 0.25) is 0 Å². The third-order valence-corrected chi connectivity index (χ3v) is 12.9. The summed E-state index contributed by atoms with van der Waals surface area (Å²) in [6, 6.07) is 0. The second-order valence-corrected chi connectivity index (χ2v) is 15.4. The summed E-state index contributed by atoms with van der Waals surface area (Å²) in [5.41, 5.74) is 0.467. The lowest BCUT2D eigenvalue weighted by Crippen LogP contribution is -2.65. The second kappa shape index (κ2) is 8.16. The van der Waals surface area contributed by atoms with Crippen LogP contribution in [0.1, 0.15) is 100 Å². The number of epoxide rings is 1. The summed E-state index contributed by atoms with van der Waals surface area (Å²) in [7, 11) is 0. The Bertz CT molecular complexity index is 1080. The zero-order valence-electron chi connectivity index (χ0n) is 24.6. The minimum Gasteiger partial charge on any atom is -0.462 e. The van der Waals surface area contributed by atoms with E-state index in [0.717, 1.165) is 38.5 Å². The molecule has 0 bridgehead atoms. The first-order chi connectivity index (χ1) is 17.6. The number of hydrogen-bond donors (Lipinski definition) is 1. The van der Waals surface area contributed by atoms with Crippen molar-refractivity contribution in [3.05, 3.63) is 11.6 Å². The Balaban J connectivity index is 1.35. The lowest BCUT2D eigenvalue weighted by Gasteiger charge is -2.67. The normalized spacial score (nSPS) is 52.4.